The normalized spacial score (nSPS) is 12.6. The van der Waals surface area contributed by atoms with E-state index in [1.807, 2.05) is 30.3 Å². The van der Waals surface area contributed by atoms with E-state index >= 15 is 0 Å². The predicted molar refractivity (Wildman–Crippen MR) is 101 cm³/mol. The third-order valence-corrected chi connectivity index (χ3v) is 4.89. The highest BCUT2D eigenvalue weighted by Crippen LogP contribution is 2.22. The number of hydrogen-bond donors (Lipinski definition) is 2. The Hall–Kier alpha value is -2.70. The molecule has 0 aliphatic heterocycles. The Morgan fingerprint density at radius 1 is 1.28 bits per heavy atom. The van der Waals surface area contributed by atoms with E-state index in [1.54, 1.807) is 24.3 Å². The molecule has 3 N–H and O–H groups in total. The third kappa shape index (κ3) is 4.23. The summed E-state index contributed by atoms with van der Waals surface area (Å²) in [6, 6.07) is 14.9. The van der Waals surface area contributed by atoms with Crippen molar-refractivity contribution >= 4 is 34.3 Å². The number of nitrogens with two attached hydrogens (primary N) is 1. The summed E-state index contributed by atoms with van der Waals surface area (Å²) >= 11 is 1.65. The molecule has 5 nitrogen and oxygen atoms in total. The molecule has 0 saturated heterocycles. The highest BCUT2D eigenvalue weighted by atomic mass is 32.1. The maximum absolute atomic E-state index is 10.9. The molecule has 2 heterocycles. The van der Waals surface area contributed by atoms with Crippen molar-refractivity contribution in [3.8, 4) is 0 Å². The zero-order valence-electron chi connectivity index (χ0n) is 13.8. The van der Waals surface area contributed by atoms with Gasteiger partial charge in [0.05, 0.1) is 11.6 Å². The Balaban J connectivity index is 1.69. The SMILES string of the molecule is C[C@H](C=Cc1ccc(Cc2ccc3ccccc3n2)s1)N(O)C(N)=O. The number of urea groups is 1. The second-order valence-electron chi connectivity index (χ2n) is 5.76. The highest BCUT2D eigenvalue weighted by molar-refractivity contribution is 7.12. The number of carbonyl (C=O) groups is 1. The number of fused-ring (bicyclic) bond motifs is 1. The summed E-state index contributed by atoms with van der Waals surface area (Å²) in [6.07, 6.45) is 4.37. The minimum Gasteiger partial charge on any atom is -0.350 e. The molecule has 1 aromatic carbocycles. The number of aromatic nitrogens is 1. The van der Waals surface area contributed by atoms with Gasteiger partial charge < -0.3 is 5.73 Å². The number of rotatable bonds is 5. The van der Waals surface area contributed by atoms with Gasteiger partial charge >= 0.3 is 6.03 Å². The Labute approximate surface area is 150 Å². The summed E-state index contributed by atoms with van der Waals surface area (Å²) in [4.78, 5) is 17.8. The molecule has 0 aliphatic carbocycles. The first kappa shape index (κ1) is 17.1. The fraction of sp³-hybridized carbons (Fsp3) is 0.158. The molecule has 128 valence electrons. The summed E-state index contributed by atoms with van der Waals surface area (Å²) in [5, 5.41) is 11.1. The lowest BCUT2D eigenvalue weighted by atomic mass is 10.1. The second kappa shape index (κ2) is 7.46. The standard InChI is InChI=1S/C19H19N3O2S/c1-13(22(24)19(20)23)6-9-16-10-11-17(25-16)12-15-8-7-14-4-2-3-5-18(14)21-15/h2-11,13,24H,12H2,1H3,(H2,20,23)/t13-/m1/s1. The summed E-state index contributed by atoms with van der Waals surface area (Å²) in [5.41, 5.74) is 7.06. The smallest absolute Gasteiger partial charge is 0.339 e. The number of para-hydroxylation sites is 1. The van der Waals surface area contributed by atoms with Crippen molar-refractivity contribution in [1.29, 1.82) is 0 Å². The van der Waals surface area contributed by atoms with Gasteiger partial charge in [0.1, 0.15) is 0 Å². The van der Waals surface area contributed by atoms with Crippen molar-refractivity contribution < 1.29 is 10.0 Å². The van der Waals surface area contributed by atoms with E-state index in [9.17, 15) is 10.0 Å². The molecule has 0 saturated carbocycles. The monoisotopic (exact) mass is 353 g/mol. The van der Waals surface area contributed by atoms with E-state index in [0.717, 1.165) is 27.9 Å². The van der Waals surface area contributed by atoms with Crippen LogP contribution >= 0.6 is 11.3 Å². The quantitative estimate of drug-likeness (QED) is 0.536. The molecule has 0 fully saturated rings. The van der Waals surface area contributed by atoms with Gasteiger partial charge in [-0.05, 0) is 37.3 Å². The largest absolute Gasteiger partial charge is 0.350 e. The summed E-state index contributed by atoms with van der Waals surface area (Å²) in [6.45, 7) is 1.69. The first-order chi connectivity index (χ1) is 12.0. The minimum absolute atomic E-state index is 0.481. The molecule has 25 heavy (non-hydrogen) atoms. The Morgan fingerprint density at radius 2 is 2.08 bits per heavy atom. The van der Waals surface area contributed by atoms with Crippen LogP contribution in [0.5, 0.6) is 0 Å². The molecule has 2 aromatic heterocycles. The summed E-state index contributed by atoms with van der Waals surface area (Å²) in [7, 11) is 0. The van der Waals surface area contributed by atoms with Crippen molar-refractivity contribution in [3.63, 3.8) is 0 Å². The van der Waals surface area contributed by atoms with E-state index in [2.05, 4.69) is 24.3 Å². The lowest BCUT2D eigenvalue weighted by molar-refractivity contribution is -0.0560. The van der Waals surface area contributed by atoms with Crippen LogP contribution in [0.4, 0.5) is 4.79 Å². The molecule has 0 spiro atoms. The number of nitrogens with zero attached hydrogens (tertiary/aromatic N) is 2. The van der Waals surface area contributed by atoms with Gasteiger partial charge in [-0.2, -0.15) is 5.06 Å². The molecule has 2 amide bonds. The molecular weight excluding hydrogens is 334 g/mol. The molecule has 0 radical (unpaired) electrons. The van der Waals surface area contributed by atoms with Gasteiger partial charge in [-0.1, -0.05) is 30.3 Å². The summed E-state index contributed by atoms with van der Waals surface area (Å²) < 4.78 is 0. The van der Waals surface area contributed by atoms with Crippen LogP contribution in [0.15, 0.2) is 54.6 Å². The van der Waals surface area contributed by atoms with Crippen molar-refractivity contribution in [2.24, 2.45) is 5.73 Å². The average Bonchev–Trinajstić information content (AvgIpc) is 3.06. The van der Waals surface area contributed by atoms with Crippen LogP contribution in [-0.2, 0) is 6.42 Å². The first-order valence-electron chi connectivity index (χ1n) is 7.92. The molecule has 6 heteroatoms. The van der Waals surface area contributed by atoms with Crippen LogP contribution in [0.3, 0.4) is 0 Å². The zero-order valence-corrected chi connectivity index (χ0v) is 14.6. The fourth-order valence-corrected chi connectivity index (χ4v) is 3.42. The number of hydroxylamine groups is 2. The van der Waals surface area contributed by atoms with Crippen LogP contribution in [-0.4, -0.2) is 27.3 Å². The number of thiophene rings is 1. The van der Waals surface area contributed by atoms with Crippen LogP contribution < -0.4 is 5.73 Å². The number of benzene rings is 1. The topological polar surface area (TPSA) is 79.4 Å². The lowest BCUT2D eigenvalue weighted by Gasteiger charge is -2.16. The van der Waals surface area contributed by atoms with Gasteiger partial charge in [-0.25, -0.2) is 4.79 Å². The Morgan fingerprint density at radius 3 is 2.88 bits per heavy atom. The van der Waals surface area contributed by atoms with E-state index in [4.69, 9.17) is 10.7 Å². The Bertz CT molecular complexity index is 920. The molecule has 3 rings (SSSR count). The van der Waals surface area contributed by atoms with Gasteiger partial charge in [0.15, 0.2) is 0 Å². The van der Waals surface area contributed by atoms with Gasteiger partial charge in [0, 0.05) is 27.3 Å². The van der Waals surface area contributed by atoms with Gasteiger partial charge in [-0.3, -0.25) is 10.2 Å². The maximum atomic E-state index is 10.9. The maximum Gasteiger partial charge on any atom is 0.339 e. The number of primary amides is 1. The van der Waals surface area contributed by atoms with Gasteiger partial charge in [-0.15, -0.1) is 11.3 Å². The third-order valence-electron chi connectivity index (χ3n) is 3.84. The highest BCUT2D eigenvalue weighted by Gasteiger charge is 2.11. The molecule has 0 aliphatic rings. The number of hydrogen-bond acceptors (Lipinski definition) is 4. The zero-order chi connectivity index (χ0) is 17.8. The molecule has 3 aromatic rings. The second-order valence-corrected chi connectivity index (χ2v) is 6.96. The van der Waals surface area contributed by atoms with Crippen molar-refractivity contribution in [1.82, 2.24) is 10.0 Å². The number of amides is 2. The number of pyridine rings is 1. The van der Waals surface area contributed by atoms with Gasteiger partial charge in [0.2, 0.25) is 0 Å². The van der Waals surface area contributed by atoms with E-state index in [-0.39, 0.29) is 0 Å². The van der Waals surface area contributed by atoms with Crippen LogP contribution in [0.2, 0.25) is 0 Å². The van der Waals surface area contributed by atoms with Gasteiger partial charge in [0.25, 0.3) is 0 Å². The molecule has 0 bridgehead atoms. The first-order valence-corrected chi connectivity index (χ1v) is 8.74. The minimum atomic E-state index is -0.869. The van der Waals surface area contributed by atoms with Crippen LogP contribution in [0.25, 0.3) is 17.0 Å². The van der Waals surface area contributed by atoms with Crippen molar-refractivity contribution in [2.75, 3.05) is 0 Å². The summed E-state index contributed by atoms with van der Waals surface area (Å²) in [5.74, 6) is 0. The lowest BCUT2D eigenvalue weighted by Crippen LogP contribution is -2.38. The number of carbonyl (C=O) groups excluding carboxylic acids is 1. The molecular formula is C19H19N3O2S. The van der Waals surface area contributed by atoms with Crippen molar-refractivity contribution in [3.05, 3.63) is 70.1 Å². The Kier molecular flexibility index (Phi) is 5.11. The predicted octanol–water partition coefficient (Wildman–Crippen LogP) is 4.06. The van der Waals surface area contributed by atoms with E-state index in [1.165, 1.54) is 4.88 Å². The van der Waals surface area contributed by atoms with E-state index in [0.29, 0.717) is 5.06 Å². The average molecular weight is 353 g/mol. The molecule has 0 unspecified atom stereocenters. The van der Waals surface area contributed by atoms with Crippen LogP contribution in [0.1, 0.15) is 22.4 Å². The van der Waals surface area contributed by atoms with E-state index < -0.39 is 12.1 Å². The van der Waals surface area contributed by atoms with Crippen molar-refractivity contribution in [2.45, 2.75) is 19.4 Å². The molecule has 1 atom stereocenters. The fourth-order valence-electron chi connectivity index (χ4n) is 2.48. The van der Waals surface area contributed by atoms with Crippen LogP contribution in [0, 0.1) is 0 Å².